The summed E-state index contributed by atoms with van der Waals surface area (Å²) in [4.78, 5) is 0. The molecule has 0 rings (SSSR count). The summed E-state index contributed by atoms with van der Waals surface area (Å²) in [7, 11) is 0. The lowest BCUT2D eigenvalue weighted by Crippen LogP contribution is -1.89. The number of hydrogen-bond donors (Lipinski definition) is 1. The highest BCUT2D eigenvalue weighted by Gasteiger charge is 1.71. The normalized spacial score (nSPS) is 7.50. The van der Waals surface area contributed by atoms with Crippen LogP contribution in [-0.2, 0) is 4.74 Å². The summed E-state index contributed by atoms with van der Waals surface area (Å²) in [6.07, 6.45) is 0.877. The maximum absolute atomic E-state index is 6.30. The molecule has 0 aliphatic heterocycles. The van der Waals surface area contributed by atoms with Crippen molar-refractivity contribution >= 4 is 18.0 Å². The Morgan fingerprint density at radius 2 is 2.50 bits per heavy atom. The van der Waals surface area contributed by atoms with Gasteiger partial charge in [-0.1, -0.05) is 0 Å². The Kier molecular flexibility index (Phi) is 4.57. The van der Waals surface area contributed by atoms with Crippen LogP contribution in [0.15, 0.2) is 0 Å². The third kappa shape index (κ3) is 3.76. The van der Waals surface area contributed by atoms with Gasteiger partial charge in [0.05, 0.1) is 5.88 Å². The lowest BCUT2D eigenvalue weighted by atomic mass is 10.9. The van der Waals surface area contributed by atoms with Crippen LogP contribution in [0.5, 0.6) is 0 Å². The first kappa shape index (κ1) is 5.76. The van der Waals surface area contributed by atoms with Crippen LogP contribution in [0.1, 0.15) is 0 Å². The van der Waals surface area contributed by atoms with Crippen molar-refractivity contribution in [3.63, 3.8) is 0 Å². The fourth-order valence-electron chi connectivity index (χ4n) is 0.103. The molecule has 0 spiro atoms. The molecule has 0 aliphatic rings. The molecule has 2 nitrogen and oxygen atoms in total. The zero-order chi connectivity index (χ0) is 4.83. The molecule has 0 saturated heterocycles. The highest BCUT2D eigenvalue weighted by molar-refractivity contribution is 6.18. The maximum Gasteiger partial charge on any atom is 0.166 e. The molecule has 3 heteroatoms. The van der Waals surface area contributed by atoms with Crippen LogP contribution in [0, 0.1) is 5.41 Å². The molecule has 0 fully saturated rings. The van der Waals surface area contributed by atoms with E-state index in [9.17, 15) is 0 Å². The average Bonchev–Trinajstić information content (AvgIpc) is 1.61. The molecule has 0 bridgehead atoms. The van der Waals surface area contributed by atoms with Gasteiger partial charge in [0.25, 0.3) is 0 Å². The molecule has 1 N–H and O–H groups in total. The van der Waals surface area contributed by atoms with Gasteiger partial charge in [-0.3, -0.25) is 5.41 Å². The smallest absolute Gasteiger partial charge is 0.166 e. The van der Waals surface area contributed by atoms with Crippen molar-refractivity contribution in [1.82, 2.24) is 0 Å². The van der Waals surface area contributed by atoms with E-state index in [1.165, 1.54) is 0 Å². The Labute approximate surface area is 41.6 Å². The summed E-state index contributed by atoms with van der Waals surface area (Å²) >= 11 is 5.15. The van der Waals surface area contributed by atoms with Crippen molar-refractivity contribution in [3.05, 3.63) is 0 Å². The Hall–Kier alpha value is -0.240. The van der Waals surface area contributed by atoms with Crippen LogP contribution in [-0.4, -0.2) is 18.9 Å². The maximum atomic E-state index is 6.30. The van der Waals surface area contributed by atoms with E-state index in [4.69, 9.17) is 17.0 Å². The fourth-order valence-corrected chi connectivity index (χ4v) is 0.193. The number of rotatable bonds is 3. The van der Waals surface area contributed by atoms with Gasteiger partial charge in [-0.05, 0) is 0 Å². The molecule has 0 saturated carbocycles. The standard InChI is InChI=1S/C3H6ClNO/c4-1-2-6-3-5/h3,5H,1-2H2. The Morgan fingerprint density at radius 3 is 2.67 bits per heavy atom. The SMILES string of the molecule is N=COCCCl. The molecule has 36 valence electrons. The number of halogens is 1. The van der Waals surface area contributed by atoms with Gasteiger partial charge in [-0.25, -0.2) is 0 Å². The molecule has 0 unspecified atom stereocenters. The van der Waals surface area contributed by atoms with Crippen molar-refractivity contribution in [1.29, 1.82) is 5.41 Å². The second-order valence-corrected chi connectivity index (χ2v) is 1.06. The second kappa shape index (κ2) is 4.76. The minimum Gasteiger partial charge on any atom is -0.482 e. The highest BCUT2D eigenvalue weighted by Crippen LogP contribution is 1.71. The van der Waals surface area contributed by atoms with Crippen molar-refractivity contribution < 1.29 is 4.74 Å². The average molecular weight is 108 g/mol. The van der Waals surface area contributed by atoms with Crippen LogP contribution in [0.4, 0.5) is 0 Å². The monoisotopic (exact) mass is 107 g/mol. The summed E-state index contributed by atoms with van der Waals surface area (Å²) in [6.45, 7) is 0.436. The molecule has 0 atom stereocenters. The van der Waals surface area contributed by atoms with E-state index in [0.29, 0.717) is 12.5 Å². The van der Waals surface area contributed by atoms with Crippen molar-refractivity contribution in [3.8, 4) is 0 Å². The van der Waals surface area contributed by atoms with Gasteiger partial charge >= 0.3 is 0 Å². The summed E-state index contributed by atoms with van der Waals surface area (Å²) in [5.41, 5.74) is 0. The van der Waals surface area contributed by atoms with Gasteiger partial charge < -0.3 is 4.74 Å². The Bertz CT molecular complexity index is 39.8. The largest absolute Gasteiger partial charge is 0.482 e. The van der Waals surface area contributed by atoms with E-state index < -0.39 is 0 Å². The van der Waals surface area contributed by atoms with Crippen LogP contribution in [0.3, 0.4) is 0 Å². The van der Waals surface area contributed by atoms with E-state index in [1.54, 1.807) is 0 Å². The molecule has 0 aliphatic carbocycles. The number of ether oxygens (including phenoxy) is 1. The van der Waals surface area contributed by atoms with Crippen LogP contribution >= 0.6 is 11.6 Å². The molecule has 0 aromatic rings. The minimum absolute atomic E-state index is 0.436. The first-order valence-corrected chi connectivity index (χ1v) is 2.11. The van der Waals surface area contributed by atoms with Crippen LogP contribution in [0.25, 0.3) is 0 Å². The topological polar surface area (TPSA) is 33.1 Å². The third-order valence-electron chi connectivity index (χ3n) is 0.278. The van der Waals surface area contributed by atoms with E-state index in [1.807, 2.05) is 0 Å². The van der Waals surface area contributed by atoms with Crippen LogP contribution in [0.2, 0.25) is 0 Å². The molecule has 0 heterocycles. The molecular formula is C3H6ClNO. The van der Waals surface area contributed by atoms with Gasteiger partial charge in [0.15, 0.2) is 6.40 Å². The van der Waals surface area contributed by atoms with Gasteiger partial charge in [-0.2, -0.15) is 0 Å². The lowest BCUT2D eigenvalue weighted by Gasteiger charge is -1.87. The van der Waals surface area contributed by atoms with Crippen molar-refractivity contribution in [2.45, 2.75) is 0 Å². The zero-order valence-electron chi connectivity index (χ0n) is 3.28. The van der Waals surface area contributed by atoms with Crippen molar-refractivity contribution in [2.24, 2.45) is 0 Å². The first-order chi connectivity index (χ1) is 2.91. The van der Waals surface area contributed by atoms with Gasteiger partial charge in [0, 0.05) is 0 Å². The van der Waals surface area contributed by atoms with Crippen LogP contribution < -0.4 is 0 Å². The quantitative estimate of drug-likeness (QED) is 0.247. The predicted molar refractivity (Wildman–Crippen MR) is 25.5 cm³/mol. The predicted octanol–water partition coefficient (Wildman–Crippen LogP) is 0.849. The lowest BCUT2D eigenvalue weighted by molar-refractivity contribution is 0.344. The van der Waals surface area contributed by atoms with E-state index >= 15 is 0 Å². The number of hydrogen-bond acceptors (Lipinski definition) is 2. The summed E-state index contributed by atoms with van der Waals surface area (Å²) in [5, 5.41) is 6.30. The van der Waals surface area contributed by atoms with E-state index in [2.05, 4.69) is 4.74 Å². The second-order valence-electron chi connectivity index (χ2n) is 0.678. The molecule has 0 radical (unpaired) electrons. The Balaban J connectivity index is 2.49. The highest BCUT2D eigenvalue weighted by atomic mass is 35.5. The number of alkyl halides is 1. The summed E-state index contributed by atoms with van der Waals surface area (Å²) in [5.74, 6) is 0.454. The summed E-state index contributed by atoms with van der Waals surface area (Å²) < 4.78 is 4.39. The molecule has 6 heavy (non-hydrogen) atoms. The first-order valence-electron chi connectivity index (χ1n) is 1.58. The summed E-state index contributed by atoms with van der Waals surface area (Å²) in [6, 6.07) is 0. The Morgan fingerprint density at radius 1 is 1.83 bits per heavy atom. The molecule has 0 amide bonds. The minimum atomic E-state index is 0.436. The molecule has 0 aromatic heterocycles. The van der Waals surface area contributed by atoms with E-state index in [-0.39, 0.29) is 0 Å². The molecular weight excluding hydrogens is 101 g/mol. The number of nitrogens with one attached hydrogen (secondary N) is 1. The van der Waals surface area contributed by atoms with Gasteiger partial charge in [-0.15, -0.1) is 11.6 Å². The fraction of sp³-hybridized carbons (Fsp3) is 0.667. The van der Waals surface area contributed by atoms with Gasteiger partial charge in [0.2, 0.25) is 0 Å². The zero-order valence-corrected chi connectivity index (χ0v) is 4.03. The van der Waals surface area contributed by atoms with Crippen molar-refractivity contribution in [2.75, 3.05) is 12.5 Å². The molecule has 0 aromatic carbocycles. The third-order valence-corrected chi connectivity index (χ3v) is 0.433. The van der Waals surface area contributed by atoms with E-state index in [0.717, 1.165) is 6.40 Å². The van der Waals surface area contributed by atoms with Gasteiger partial charge in [0.1, 0.15) is 6.61 Å².